The molecule has 0 radical (unpaired) electrons. The average Bonchev–Trinajstić information content (AvgIpc) is 2.68. The standard InChI is InChI=1S/C15H21N3/c1-12-4-3-5-14(10-12)18-11-17-13(2)15(18)6-8-16-9-7-15/h3-5,10,16-17H,2,6-9,11H2,1H3. The molecule has 0 amide bonds. The van der Waals surface area contributed by atoms with Gasteiger partial charge in [-0.2, -0.15) is 0 Å². The average molecular weight is 243 g/mol. The van der Waals surface area contributed by atoms with Crippen LogP contribution in [0, 0.1) is 6.92 Å². The Morgan fingerprint density at radius 1 is 1.28 bits per heavy atom. The zero-order chi connectivity index (χ0) is 12.6. The molecule has 3 nitrogen and oxygen atoms in total. The summed E-state index contributed by atoms with van der Waals surface area (Å²) >= 11 is 0. The third-order valence-corrected chi connectivity index (χ3v) is 4.27. The van der Waals surface area contributed by atoms with Gasteiger partial charge in [0, 0.05) is 11.4 Å². The maximum absolute atomic E-state index is 4.25. The number of nitrogens with zero attached hydrogens (tertiary/aromatic N) is 1. The van der Waals surface area contributed by atoms with Crippen molar-refractivity contribution in [3.8, 4) is 0 Å². The highest BCUT2D eigenvalue weighted by Crippen LogP contribution is 2.38. The molecule has 3 rings (SSSR count). The highest BCUT2D eigenvalue weighted by atomic mass is 15.4. The topological polar surface area (TPSA) is 27.3 Å². The van der Waals surface area contributed by atoms with Crippen LogP contribution in [0.5, 0.6) is 0 Å². The van der Waals surface area contributed by atoms with E-state index in [4.69, 9.17) is 0 Å². The van der Waals surface area contributed by atoms with E-state index in [2.05, 4.69) is 53.3 Å². The lowest BCUT2D eigenvalue weighted by molar-refractivity contribution is 0.358. The van der Waals surface area contributed by atoms with Gasteiger partial charge in [0.2, 0.25) is 0 Å². The summed E-state index contributed by atoms with van der Waals surface area (Å²) in [5.74, 6) is 0. The van der Waals surface area contributed by atoms with Gasteiger partial charge in [-0.15, -0.1) is 0 Å². The van der Waals surface area contributed by atoms with Crippen LogP contribution in [0.25, 0.3) is 0 Å². The van der Waals surface area contributed by atoms with Crippen LogP contribution in [-0.4, -0.2) is 25.3 Å². The Bertz CT molecular complexity index is 461. The zero-order valence-corrected chi connectivity index (χ0v) is 11.0. The summed E-state index contributed by atoms with van der Waals surface area (Å²) in [5.41, 5.74) is 3.92. The maximum Gasteiger partial charge on any atom is 0.0884 e. The lowest BCUT2D eigenvalue weighted by Crippen LogP contribution is -2.52. The predicted molar refractivity (Wildman–Crippen MR) is 75.6 cm³/mol. The number of hydrogen-bond acceptors (Lipinski definition) is 3. The van der Waals surface area contributed by atoms with Gasteiger partial charge in [-0.1, -0.05) is 18.7 Å². The minimum atomic E-state index is 0.110. The molecular weight excluding hydrogens is 222 g/mol. The van der Waals surface area contributed by atoms with Crippen molar-refractivity contribution in [1.29, 1.82) is 0 Å². The van der Waals surface area contributed by atoms with Crippen molar-refractivity contribution < 1.29 is 0 Å². The fourth-order valence-corrected chi connectivity index (χ4v) is 3.20. The first-order valence-electron chi connectivity index (χ1n) is 6.71. The highest BCUT2D eigenvalue weighted by molar-refractivity contribution is 5.55. The number of anilines is 1. The monoisotopic (exact) mass is 243 g/mol. The molecule has 2 saturated heterocycles. The zero-order valence-electron chi connectivity index (χ0n) is 11.0. The molecule has 2 N–H and O–H groups in total. The molecule has 0 aliphatic carbocycles. The largest absolute Gasteiger partial charge is 0.370 e. The lowest BCUT2D eigenvalue weighted by Gasteiger charge is -2.42. The van der Waals surface area contributed by atoms with E-state index in [1.165, 1.54) is 16.9 Å². The van der Waals surface area contributed by atoms with E-state index in [-0.39, 0.29) is 5.54 Å². The van der Waals surface area contributed by atoms with Crippen molar-refractivity contribution >= 4 is 5.69 Å². The molecule has 1 aromatic carbocycles. The molecule has 2 heterocycles. The van der Waals surface area contributed by atoms with E-state index in [9.17, 15) is 0 Å². The molecule has 2 fully saturated rings. The van der Waals surface area contributed by atoms with Crippen molar-refractivity contribution in [3.63, 3.8) is 0 Å². The van der Waals surface area contributed by atoms with Crippen LogP contribution in [0.2, 0.25) is 0 Å². The number of rotatable bonds is 1. The van der Waals surface area contributed by atoms with E-state index in [1.807, 2.05) is 0 Å². The Hall–Kier alpha value is -1.48. The van der Waals surface area contributed by atoms with Crippen LogP contribution >= 0.6 is 0 Å². The molecular formula is C15H21N3. The molecule has 0 aromatic heterocycles. The van der Waals surface area contributed by atoms with Crippen LogP contribution in [0.1, 0.15) is 18.4 Å². The van der Waals surface area contributed by atoms with Gasteiger partial charge in [0.25, 0.3) is 0 Å². The van der Waals surface area contributed by atoms with Gasteiger partial charge in [0.15, 0.2) is 0 Å². The number of aryl methyl sites for hydroxylation is 1. The van der Waals surface area contributed by atoms with E-state index >= 15 is 0 Å². The van der Waals surface area contributed by atoms with E-state index in [0.29, 0.717) is 0 Å². The third kappa shape index (κ3) is 1.70. The van der Waals surface area contributed by atoms with Crippen molar-refractivity contribution in [3.05, 3.63) is 42.1 Å². The molecule has 0 unspecified atom stereocenters. The van der Waals surface area contributed by atoms with Gasteiger partial charge in [-0.25, -0.2) is 0 Å². The van der Waals surface area contributed by atoms with Gasteiger partial charge in [-0.3, -0.25) is 0 Å². The van der Waals surface area contributed by atoms with Crippen LogP contribution in [0.15, 0.2) is 36.5 Å². The molecule has 1 spiro atoms. The Balaban J connectivity index is 1.98. The van der Waals surface area contributed by atoms with Crippen molar-refractivity contribution in [2.24, 2.45) is 0 Å². The van der Waals surface area contributed by atoms with Gasteiger partial charge in [0.05, 0.1) is 12.2 Å². The second kappa shape index (κ2) is 4.32. The van der Waals surface area contributed by atoms with Gasteiger partial charge in [0.1, 0.15) is 0 Å². The molecule has 2 aliphatic rings. The highest BCUT2D eigenvalue weighted by Gasteiger charge is 2.44. The second-order valence-electron chi connectivity index (χ2n) is 5.36. The first kappa shape index (κ1) is 11.6. The van der Waals surface area contributed by atoms with Crippen molar-refractivity contribution in [2.75, 3.05) is 24.7 Å². The number of benzene rings is 1. The normalized spacial score (nSPS) is 22.3. The number of nitrogens with one attached hydrogen (secondary N) is 2. The quantitative estimate of drug-likeness (QED) is 0.790. The molecule has 0 saturated carbocycles. The summed E-state index contributed by atoms with van der Waals surface area (Å²) in [4.78, 5) is 2.49. The molecule has 96 valence electrons. The molecule has 2 aliphatic heterocycles. The van der Waals surface area contributed by atoms with Gasteiger partial charge >= 0.3 is 0 Å². The summed E-state index contributed by atoms with van der Waals surface area (Å²) in [7, 11) is 0. The Morgan fingerprint density at radius 2 is 2.06 bits per heavy atom. The Kier molecular flexibility index (Phi) is 2.78. The SMILES string of the molecule is C=C1NCN(c2cccc(C)c2)C12CCNCC2. The van der Waals surface area contributed by atoms with Crippen LogP contribution < -0.4 is 15.5 Å². The van der Waals surface area contributed by atoms with E-state index in [0.717, 1.165) is 32.6 Å². The Morgan fingerprint density at radius 3 is 2.78 bits per heavy atom. The third-order valence-electron chi connectivity index (χ3n) is 4.27. The summed E-state index contributed by atoms with van der Waals surface area (Å²) < 4.78 is 0. The minimum absolute atomic E-state index is 0.110. The summed E-state index contributed by atoms with van der Waals surface area (Å²) in [6, 6.07) is 8.76. The Labute approximate surface area is 109 Å². The number of hydrogen-bond donors (Lipinski definition) is 2. The predicted octanol–water partition coefficient (Wildman–Crippen LogP) is 2.00. The molecule has 0 atom stereocenters. The first-order valence-corrected chi connectivity index (χ1v) is 6.71. The van der Waals surface area contributed by atoms with E-state index < -0.39 is 0 Å². The van der Waals surface area contributed by atoms with Crippen LogP contribution in [-0.2, 0) is 0 Å². The molecule has 18 heavy (non-hydrogen) atoms. The number of piperidine rings is 1. The fourth-order valence-electron chi connectivity index (χ4n) is 3.20. The minimum Gasteiger partial charge on any atom is -0.370 e. The van der Waals surface area contributed by atoms with Crippen molar-refractivity contribution in [2.45, 2.75) is 25.3 Å². The maximum atomic E-state index is 4.25. The second-order valence-corrected chi connectivity index (χ2v) is 5.36. The summed E-state index contributed by atoms with van der Waals surface area (Å²) in [6.45, 7) is 9.42. The molecule has 3 heteroatoms. The molecule has 1 aromatic rings. The van der Waals surface area contributed by atoms with Crippen LogP contribution in [0.3, 0.4) is 0 Å². The smallest absolute Gasteiger partial charge is 0.0884 e. The lowest BCUT2D eigenvalue weighted by atomic mass is 9.85. The van der Waals surface area contributed by atoms with Crippen LogP contribution in [0.4, 0.5) is 5.69 Å². The van der Waals surface area contributed by atoms with Gasteiger partial charge < -0.3 is 15.5 Å². The first-order chi connectivity index (χ1) is 8.72. The van der Waals surface area contributed by atoms with Crippen molar-refractivity contribution in [1.82, 2.24) is 10.6 Å². The van der Waals surface area contributed by atoms with Gasteiger partial charge in [-0.05, 0) is 50.6 Å². The summed E-state index contributed by atoms with van der Waals surface area (Å²) in [6.07, 6.45) is 2.26. The van der Waals surface area contributed by atoms with E-state index in [1.54, 1.807) is 0 Å². The summed E-state index contributed by atoms with van der Waals surface area (Å²) in [5, 5.41) is 6.90. The fraction of sp³-hybridized carbons (Fsp3) is 0.467. The molecule has 0 bridgehead atoms.